The van der Waals surface area contributed by atoms with Crippen LogP contribution in [0.25, 0.3) is 11.3 Å². The fourth-order valence-corrected chi connectivity index (χ4v) is 4.09. The number of aromatic nitrogens is 2. The van der Waals surface area contributed by atoms with Crippen molar-refractivity contribution in [3.05, 3.63) is 53.1 Å². The fraction of sp³-hybridized carbons (Fsp3) is 0.292. The second-order valence-corrected chi connectivity index (χ2v) is 8.28. The van der Waals surface area contributed by atoms with Crippen molar-refractivity contribution in [2.24, 2.45) is 0 Å². The Morgan fingerprint density at radius 3 is 2.03 bits per heavy atom. The first-order valence-electron chi connectivity index (χ1n) is 10.0. The maximum Gasteiger partial charge on any atom is 0.234 e. The number of carbonyl (C=O) groups is 1. The summed E-state index contributed by atoms with van der Waals surface area (Å²) in [7, 11) is 4.69. The van der Waals surface area contributed by atoms with Crippen LogP contribution in [0.2, 0.25) is 0 Å². The molecule has 1 N–H and O–H groups in total. The van der Waals surface area contributed by atoms with Crippen molar-refractivity contribution >= 4 is 23.4 Å². The highest BCUT2D eigenvalue weighted by atomic mass is 32.2. The zero-order valence-electron chi connectivity index (χ0n) is 19.1. The van der Waals surface area contributed by atoms with Crippen molar-refractivity contribution in [3.8, 4) is 28.5 Å². The smallest absolute Gasteiger partial charge is 0.234 e. The van der Waals surface area contributed by atoms with E-state index in [1.165, 1.54) is 17.3 Å². The number of ether oxygens (including phenoxy) is 3. The molecule has 0 aliphatic carbocycles. The van der Waals surface area contributed by atoms with E-state index in [0.717, 1.165) is 22.4 Å². The number of benzene rings is 2. The highest BCUT2D eigenvalue weighted by Gasteiger charge is 2.15. The monoisotopic (exact) mass is 453 g/mol. The molecule has 7 nitrogen and oxygen atoms in total. The van der Waals surface area contributed by atoms with Crippen LogP contribution in [0.4, 0.5) is 5.69 Å². The molecule has 0 spiro atoms. The Morgan fingerprint density at radius 2 is 1.53 bits per heavy atom. The minimum atomic E-state index is -0.0828. The van der Waals surface area contributed by atoms with Crippen LogP contribution in [0.15, 0.2) is 41.4 Å². The molecule has 0 aliphatic rings. The fourth-order valence-electron chi connectivity index (χ4n) is 3.47. The topological polar surface area (TPSA) is 82.6 Å². The Labute approximate surface area is 192 Å². The molecule has 1 amide bonds. The van der Waals surface area contributed by atoms with Gasteiger partial charge in [-0.1, -0.05) is 29.5 Å². The van der Waals surface area contributed by atoms with E-state index >= 15 is 0 Å². The zero-order valence-corrected chi connectivity index (χ0v) is 19.9. The zero-order chi connectivity index (χ0) is 23.3. The lowest BCUT2D eigenvalue weighted by Gasteiger charge is -2.14. The SMILES string of the molecule is COc1cc(-c2ccc(SCC(=O)Nc3c(C)cc(C)cc3C)nn2)cc(OC)c1OC. The van der Waals surface area contributed by atoms with Gasteiger partial charge in [0, 0.05) is 11.3 Å². The lowest BCUT2D eigenvalue weighted by Crippen LogP contribution is -2.16. The van der Waals surface area contributed by atoms with Gasteiger partial charge in [-0.05, 0) is 56.2 Å². The summed E-state index contributed by atoms with van der Waals surface area (Å²) < 4.78 is 16.2. The molecule has 1 heterocycles. The standard InChI is InChI=1S/C24H27N3O4S/c1-14-9-15(2)23(16(3)10-14)25-21(28)13-32-22-8-7-18(26-27-22)17-11-19(29-4)24(31-6)20(12-17)30-5/h7-12H,13H2,1-6H3,(H,25,28). The maximum atomic E-state index is 12.4. The molecular formula is C24H27N3O4S. The van der Waals surface area contributed by atoms with Gasteiger partial charge in [0.15, 0.2) is 11.5 Å². The first kappa shape index (κ1) is 23.4. The van der Waals surface area contributed by atoms with E-state index in [0.29, 0.717) is 28.0 Å². The van der Waals surface area contributed by atoms with E-state index in [1.54, 1.807) is 21.3 Å². The Kier molecular flexibility index (Phi) is 7.58. The molecule has 8 heteroatoms. The van der Waals surface area contributed by atoms with Crippen molar-refractivity contribution in [3.63, 3.8) is 0 Å². The Hall–Kier alpha value is -3.26. The van der Waals surface area contributed by atoms with Gasteiger partial charge in [-0.15, -0.1) is 10.2 Å². The molecule has 3 aromatic rings. The number of thioether (sulfide) groups is 1. The van der Waals surface area contributed by atoms with Crippen molar-refractivity contribution in [2.45, 2.75) is 25.8 Å². The molecule has 0 saturated carbocycles. The molecule has 0 aliphatic heterocycles. The molecule has 0 bridgehead atoms. The first-order chi connectivity index (χ1) is 15.4. The number of methoxy groups -OCH3 is 3. The van der Waals surface area contributed by atoms with Crippen LogP contribution in [0.3, 0.4) is 0 Å². The van der Waals surface area contributed by atoms with E-state index in [-0.39, 0.29) is 11.7 Å². The molecule has 0 fully saturated rings. The lowest BCUT2D eigenvalue weighted by molar-refractivity contribution is -0.113. The minimum Gasteiger partial charge on any atom is -0.493 e. The van der Waals surface area contributed by atoms with Crippen LogP contribution in [0, 0.1) is 20.8 Å². The van der Waals surface area contributed by atoms with Gasteiger partial charge in [0.2, 0.25) is 11.7 Å². The molecule has 168 valence electrons. The minimum absolute atomic E-state index is 0.0828. The van der Waals surface area contributed by atoms with Gasteiger partial charge in [-0.3, -0.25) is 4.79 Å². The lowest BCUT2D eigenvalue weighted by atomic mass is 10.1. The molecular weight excluding hydrogens is 426 g/mol. The predicted molar refractivity (Wildman–Crippen MR) is 127 cm³/mol. The number of nitrogens with zero attached hydrogens (tertiary/aromatic N) is 2. The summed E-state index contributed by atoms with van der Waals surface area (Å²) in [5.74, 6) is 1.76. The number of rotatable bonds is 8. The summed E-state index contributed by atoms with van der Waals surface area (Å²) >= 11 is 1.33. The highest BCUT2D eigenvalue weighted by molar-refractivity contribution is 7.99. The third-order valence-corrected chi connectivity index (χ3v) is 5.81. The molecule has 0 atom stereocenters. The maximum absolute atomic E-state index is 12.4. The molecule has 0 saturated heterocycles. The van der Waals surface area contributed by atoms with Crippen molar-refractivity contribution in [1.29, 1.82) is 0 Å². The van der Waals surface area contributed by atoms with Crippen molar-refractivity contribution in [2.75, 3.05) is 32.4 Å². The summed E-state index contributed by atoms with van der Waals surface area (Å²) in [5.41, 5.74) is 5.58. The number of carbonyl (C=O) groups excluding carboxylic acids is 1. The highest BCUT2D eigenvalue weighted by Crippen LogP contribution is 2.40. The van der Waals surface area contributed by atoms with Gasteiger partial charge >= 0.3 is 0 Å². The van der Waals surface area contributed by atoms with E-state index < -0.39 is 0 Å². The second kappa shape index (κ2) is 10.4. The van der Waals surface area contributed by atoms with Crippen LogP contribution >= 0.6 is 11.8 Å². The third-order valence-electron chi connectivity index (χ3n) is 4.89. The Bertz CT molecular complexity index is 1070. The predicted octanol–water partition coefficient (Wildman–Crippen LogP) is 4.83. The van der Waals surface area contributed by atoms with Crippen molar-refractivity contribution in [1.82, 2.24) is 10.2 Å². The number of aryl methyl sites for hydroxylation is 3. The van der Waals surface area contributed by atoms with Crippen LogP contribution in [0.5, 0.6) is 17.2 Å². The molecule has 32 heavy (non-hydrogen) atoms. The van der Waals surface area contributed by atoms with E-state index in [9.17, 15) is 4.79 Å². The molecule has 0 radical (unpaired) electrons. The normalized spacial score (nSPS) is 10.6. The van der Waals surface area contributed by atoms with Gasteiger partial charge < -0.3 is 19.5 Å². The molecule has 3 rings (SSSR count). The van der Waals surface area contributed by atoms with E-state index in [2.05, 4.69) is 27.6 Å². The average molecular weight is 454 g/mol. The van der Waals surface area contributed by atoms with Gasteiger partial charge in [0.25, 0.3) is 0 Å². The second-order valence-electron chi connectivity index (χ2n) is 7.28. The molecule has 0 unspecified atom stereocenters. The van der Waals surface area contributed by atoms with E-state index in [1.807, 2.05) is 45.0 Å². The molecule has 1 aromatic heterocycles. The summed E-state index contributed by atoms with van der Waals surface area (Å²) in [6.07, 6.45) is 0. The van der Waals surface area contributed by atoms with Crippen LogP contribution in [0.1, 0.15) is 16.7 Å². The summed E-state index contributed by atoms with van der Waals surface area (Å²) in [6.45, 7) is 6.04. The number of nitrogens with one attached hydrogen (secondary N) is 1. The number of amides is 1. The number of hydrogen-bond acceptors (Lipinski definition) is 7. The summed E-state index contributed by atoms with van der Waals surface area (Å²) in [4.78, 5) is 12.4. The average Bonchev–Trinajstić information content (AvgIpc) is 2.79. The Balaban J connectivity index is 1.68. The first-order valence-corrected chi connectivity index (χ1v) is 11.0. The number of anilines is 1. The van der Waals surface area contributed by atoms with Crippen LogP contribution in [-0.2, 0) is 4.79 Å². The third kappa shape index (κ3) is 5.31. The van der Waals surface area contributed by atoms with Crippen LogP contribution in [-0.4, -0.2) is 43.2 Å². The van der Waals surface area contributed by atoms with Gasteiger partial charge in [0.1, 0.15) is 5.03 Å². The van der Waals surface area contributed by atoms with Gasteiger partial charge in [-0.2, -0.15) is 0 Å². The largest absolute Gasteiger partial charge is 0.493 e. The van der Waals surface area contributed by atoms with Crippen molar-refractivity contribution < 1.29 is 19.0 Å². The molecule has 2 aromatic carbocycles. The summed E-state index contributed by atoms with van der Waals surface area (Å²) in [5, 5.41) is 12.2. The van der Waals surface area contributed by atoms with Gasteiger partial charge in [-0.25, -0.2) is 0 Å². The number of hydrogen-bond donors (Lipinski definition) is 1. The quantitative estimate of drug-likeness (QED) is 0.489. The van der Waals surface area contributed by atoms with Gasteiger partial charge in [0.05, 0.1) is 32.8 Å². The Morgan fingerprint density at radius 1 is 0.906 bits per heavy atom. The van der Waals surface area contributed by atoms with Crippen LogP contribution < -0.4 is 19.5 Å². The summed E-state index contributed by atoms with van der Waals surface area (Å²) in [6, 6.07) is 11.4. The van der Waals surface area contributed by atoms with E-state index in [4.69, 9.17) is 14.2 Å².